The summed E-state index contributed by atoms with van der Waals surface area (Å²) in [6.45, 7) is 4.45. The predicted molar refractivity (Wildman–Crippen MR) is 114 cm³/mol. The smallest absolute Gasteiger partial charge is 0.251 e. The number of hydrogen-bond acceptors (Lipinski definition) is 4. The van der Waals surface area contributed by atoms with E-state index >= 15 is 0 Å². The summed E-state index contributed by atoms with van der Waals surface area (Å²) in [5.41, 5.74) is 1.96. The lowest BCUT2D eigenvalue weighted by Gasteiger charge is -2.32. The van der Waals surface area contributed by atoms with Crippen LogP contribution in [0.2, 0.25) is 0 Å². The number of rotatable bonds is 7. The van der Waals surface area contributed by atoms with Crippen LogP contribution in [-0.4, -0.2) is 63.3 Å². The molecule has 2 aromatic rings. The molecule has 0 aliphatic carbocycles. The molecule has 1 N–H and O–H groups in total. The lowest BCUT2D eigenvalue weighted by Crippen LogP contribution is -2.47. The van der Waals surface area contributed by atoms with Crippen LogP contribution in [0.4, 0.5) is 4.39 Å². The third-order valence-corrected chi connectivity index (χ3v) is 7.41. The quantitative estimate of drug-likeness (QED) is 0.681. The fourth-order valence-corrected chi connectivity index (χ4v) is 5.11. The highest BCUT2D eigenvalue weighted by atomic mass is 32.2. The van der Waals surface area contributed by atoms with E-state index in [1.54, 1.807) is 31.2 Å². The lowest BCUT2D eigenvalue weighted by molar-refractivity contribution is 0.0953. The summed E-state index contributed by atoms with van der Waals surface area (Å²) in [7, 11) is -1.67. The maximum Gasteiger partial charge on any atom is 0.251 e. The van der Waals surface area contributed by atoms with Crippen molar-refractivity contribution < 1.29 is 17.6 Å². The molecule has 0 saturated carbocycles. The minimum absolute atomic E-state index is 0.186. The van der Waals surface area contributed by atoms with Gasteiger partial charge in [0.15, 0.2) is 0 Å². The average molecular weight is 434 g/mol. The molecule has 0 bridgehead atoms. The van der Waals surface area contributed by atoms with Gasteiger partial charge in [-0.15, -0.1) is 0 Å². The molecule has 30 heavy (non-hydrogen) atoms. The number of halogens is 1. The Bertz CT molecular complexity index is 985. The summed E-state index contributed by atoms with van der Waals surface area (Å²) in [5.74, 6) is -0.572. The van der Waals surface area contributed by atoms with E-state index < -0.39 is 10.0 Å². The number of sulfonamides is 1. The van der Waals surface area contributed by atoms with E-state index in [1.807, 2.05) is 7.05 Å². The van der Waals surface area contributed by atoms with Gasteiger partial charge in [0, 0.05) is 38.3 Å². The van der Waals surface area contributed by atoms with Crippen molar-refractivity contribution in [1.82, 2.24) is 14.5 Å². The Morgan fingerprint density at radius 3 is 2.40 bits per heavy atom. The van der Waals surface area contributed by atoms with Gasteiger partial charge < -0.3 is 10.2 Å². The number of nitrogens with zero attached hydrogens (tertiary/aromatic N) is 2. The minimum Gasteiger partial charge on any atom is -0.352 e. The van der Waals surface area contributed by atoms with Gasteiger partial charge in [-0.05, 0) is 62.2 Å². The van der Waals surface area contributed by atoms with E-state index in [0.29, 0.717) is 50.3 Å². The highest BCUT2D eigenvalue weighted by Crippen LogP contribution is 2.22. The van der Waals surface area contributed by atoms with E-state index in [1.165, 1.54) is 22.5 Å². The molecule has 0 unspecified atom stereocenters. The summed E-state index contributed by atoms with van der Waals surface area (Å²) < 4.78 is 40.6. The largest absolute Gasteiger partial charge is 0.352 e. The van der Waals surface area contributed by atoms with Crippen LogP contribution in [0.15, 0.2) is 47.4 Å². The van der Waals surface area contributed by atoms with Gasteiger partial charge in [-0.1, -0.05) is 18.2 Å². The van der Waals surface area contributed by atoms with Crippen molar-refractivity contribution in [1.29, 1.82) is 0 Å². The Kier molecular flexibility index (Phi) is 7.23. The van der Waals surface area contributed by atoms with Gasteiger partial charge in [0.05, 0.1) is 4.90 Å². The molecule has 0 atom stereocenters. The molecular formula is C22H28FN3O3S. The fourth-order valence-electron chi connectivity index (χ4n) is 3.43. The van der Waals surface area contributed by atoms with Crippen molar-refractivity contribution in [2.45, 2.75) is 24.7 Å². The number of carbonyl (C=O) groups excluding carboxylic acids is 1. The lowest BCUT2D eigenvalue weighted by atomic mass is 10.1. The summed E-state index contributed by atoms with van der Waals surface area (Å²) in [6, 6.07) is 11.1. The number of piperazine rings is 1. The van der Waals surface area contributed by atoms with E-state index in [0.717, 1.165) is 12.0 Å². The Labute approximate surface area is 177 Å². The zero-order chi connectivity index (χ0) is 21.7. The van der Waals surface area contributed by atoms with Gasteiger partial charge in [0.1, 0.15) is 5.82 Å². The second-order valence-electron chi connectivity index (χ2n) is 7.67. The van der Waals surface area contributed by atoms with Gasteiger partial charge in [0.2, 0.25) is 10.0 Å². The van der Waals surface area contributed by atoms with Crippen molar-refractivity contribution in [2.24, 2.45) is 0 Å². The normalized spacial score (nSPS) is 15.8. The first-order valence-electron chi connectivity index (χ1n) is 10.1. The molecule has 0 radical (unpaired) electrons. The zero-order valence-corrected chi connectivity index (χ0v) is 18.2. The van der Waals surface area contributed by atoms with Crippen LogP contribution in [0, 0.1) is 12.7 Å². The molecule has 1 heterocycles. The Balaban J connectivity index is 1.62. The molecule has 0 aromatic heterocycles. The first-order valence-corrected chi connectivity index (χ1v) is 11.5. The molecular weight excluding hydrogens is 405 g/mol. The Morgan fingerprint density at radius 2 is 1.73 bits per heavy atom. The van der Waals surface area contributed by atoms with Gasteiger partial charge >= 0.3 is 0 Å². The highest BCUT2D eigenvalue weighted by molar-refractivity contribution is 7.89. The van der Waals surface area contributed by atoms with Crippen LogP contribution >= 0.6 is 0 Å². The third kappa shape index (κ3) is 5.44. The van der Waals surface area contributed by atoms with Crippen molar-refractivity contribution in [2.75, 3.05) is 39.8 Å². The molecule has 6 nitrogen and oxygen atoms in total. The molecule has 162 valence electrons. The summed E-state index contributed by atoms with van der Waals surface area (Å²) >= 11 is 0. The minimum atomic E-state index is -3.64. The van der Waals surface area contributed by atoms with Gasteiger partial charge in [-0.3, -0.25) is 4.79 Å². The number of amides is 1. The molecule has 0 spiro atoms. The zero-order valence-electron chi connectivity index (χ0n) is 17.4. The number of carbonyl (C=O) groups is 1. The maximum absolute atomic E-state index is 13.1. The summed E-state index contributed by atoms with van der Waals surface area (Å²) in [5, 5.41) is 2.84. The van der Waals surface area contributed by atoms with Crippen molar-refractivity contribution in [3.8, 4) is 0 Å². The van der Waals surface area contributed by atoms with Crippen LogP contribution in [0.5, 0.6) is 0 Å². The fraction of sp³-hybridized carbons (Fsp3) is 0.409. The van der Waals surface area contributed by atoms with Crippen molar-refractivity contribution >= 4 is 15.9 Å². The second-order valence-corrected chi connectivity index (χ2v) is 9.58. The molecule has 1 amide bonds. The number of hydrogen-bond donors (Lipinski definition) is 1. The molecule has 3 rings (SSSR count). The van der Waals surface area contributed by atoms with E-state index in [-0.39, 0.29) is 16.6 Å². The van der Waals surface area contributed by atoms with Crippen LogP contribution in [0.1, 0.15) is 27.9 Å². The van der Waals surface area contributed by atoms with Gasteiger partial charge in [0.25, 0.3) is 5.91 Å². The first-order chi connectivity index (χ1) is 14.3. The van der Waals surface area contributed by atoms with Crippen LogP contribution in [0.25, 0.3) is 0 Å². The number of benzene rings is 2. The molecule has 1 aliphatic rings. The van der Waals surface area contributed by atoms with Crippen LogP contribution in [0.3, 0.4) is 0 Å². The highest BCUT2D eigenvalue weighted by Gasteiger charge is 2.29. The topological polar surface area (TPSA) is 69.7 Å². The van der Waals surface area contributed by atoms with E-state index in [9.17, 15) is 17.6 Å². The Morgan fingerprint density at radius 1 is 1.07 bits per heavy atom. The van der Waals surface area contributed by atoms with Crippen LogP contribution in [-0.2, 0) is 16.4 Å². The van der Waals surface area contributed by atoms with Crippen molar-refractivity contribution in [3.05, 3.63) is 65.0 Å². The van der Waals surface area contributed by atoms with E-state index in [4.69, 9.17) is 0 Å². The average Bonchev–Trinajstić information content (AvgIpc) is 2.73. The molecule has 8 heteroatoms. The monoisotopic (exact) mass is 433 g/mol. The molecule has 1 aliphatic heterocycles. The molecule has 2 aromatic carbocycles. The summed E-state index contributed by atoms with van der Waals surface area (Å²) in [4.78, 5) is 14.8. The number of nitrogens with one attached hydrogen (secondary N) is 1. The SMILES string of the molecule is Cc1ccc(C(=O)NCCCc2ccc(F)cc2)cc1S(=O)(=O)N1CCN(C)CC1. The van der Waals surface area contributed by atoms with E-state index in [2.05, 4.69) is 10.2 Å². The predicted octanol–water partition coefficient (Wildman–Crippen LogP) is 2.43. The third-order valence-electron chi connectivity index (χ3n) is 5.37. The number of likely N-dealkylation sites (N-methyl/N-ethyl adjacent to an activating group) is 1. The molecule has 1 fully saturated rings. The van der Waals surface area contributed by atoms with Crippen LogP contribution < -0.4 is 5.32 Å². The first kappa shape index (κ1) is 22.4. The summed E-state index contributed by atoms with van der Waals surface area (Å²) in [6.07, 6.45) is 1.42. The number of aryl methyl sites for hydroxylation is 2. The molecule has 1 saturated heterocycles. The standard InChI is InChI=1S/C22H28FN3O3S/c1-17-5-8-19(16-21(17)30(28,29)26-14-12-25(2)13-15-26)22(27)24-11-3-4-18-6-9-20(23)10-7-18/h5-10,16H,3-4,11-15H2,1-2H3,(H,24,27). The maximum atomic E-state index is 13.1. The van der Waals surface area contributed by atoms with Crippen molar-refractivity contribution in [3.63, 3.8) is 0 Å². The van der Waals surface area contributed by atoms with Gasteiger partial charge in [-0.25, -0.2) is 12.8 Å². The van der Waals surface area contributed by atoms with Gasteiger partial charge in [-0.2, -0.15) is 4.31 Å². The Hall–Kier alpha value is -2.29. The second kappa shape index (κ2) is 9.68.